The number of benzene rings is 1. The maximum absolute atomic E-state index is 13.3. The second kappa shape index (κ2) is 4.35. The Hall–Kier alpha value is -1.84. The van der Waals surface area contributed by atoms with Crippen molar-refractivity contribution in [2.45, 2.75) is 13.0 Å². The van der Waals surface area contributed by atoms with E-state index in [1.165, 1.54) is 30.7 Å². The van der Waals surface area contributed by atoms with Crippen LogP contribution in [0.5, 0.6) is 0 Å². The molecule has 0 saturated carbocycles. The molecule has 0 aliphatic carbocycles. The van der Waals surface area contributed by atoms with Crippen LogP contribution in [-0.2, 0) is 0 Å². The van der Waals surface area contributed by atoms with E-state index in [-0.39, 0.29) is 11.7 Å². The summed E-state index contributed by atoms with van der Waals surface area (Å²) in [6.07, 6.45) is 3.06. The van der Waals surface area contributed by atoms with E-state index in [1.54, 1.807) is 13.0 Å². The van der Waals surface area contributed by atoms with Crippen LogP contribution < -0.4 is 5.32 Å². The van der Waals surface area contributed by atoms with Crippen LogP contribution in [0.2, 0.25) is 0 Å². The Morgan fingerprint density at radius 1 is 1.19 bits per heavy atom. The smallest absolute Gasteiger partial charge is 0.149 e. The lowest BCUT2D eigenvalue weighted by Crippen LogP contribution is -2.08. The molecule has 0 saturated heterocycles. The predicted octanol–water partition coefficient (Wildman–Crippen LogP) is 3.73. The topological polar surface area (TPSA) is 25.2 Å². The molecule has 1 unspecified atom stereocenters. The molecule has 0 spiro atoms. The highest BCUT2D eigenvalue weighted by Crippen LogP contribution is 2.24. The van der Waals surface area contributed by atoms with Crippen LogP contribution in [0.15, 0.2) is 41.2 Å². The second-order valence-electron chi connectivity index (χ2n) is 3.52. The van der Waals surface area contributed by atoms with E-state index in [2.05, 4.69) is 5.32 Å². The molecule has 0 amide bonds. The molecule has 1 aromatic heterocycles. The van der Waals surface area contributed by atoms with Crippen LogP contribution in [0, 0.1) is 11.6 Å². The quantitative estimate of drug-likeness (QED) is 0.857. The second-order valence-corrected chi connectivity index (χ2v) is 3.52. The molecule has 2 nitrogen and oxygen atoms in total. The first-order valence-corrected chi connectivity index (χ1v) is 4.91. The minimum atomic E-state index is -0.602. The van der Waals surface area contributed by atoms with Crippen LogP contribution in [-0.4, -0.2) is 0 Å². The summed E-state index contributed by atoms with van der Waals surface area (Å²) in [4.78, 5) is 0. The lowest BCUT2D eigenvalue weighted by atomic mass is 10.1. The van der Waals surface area contributed by atoms with Gasteiger partial charge in [0.05, 0.1) is 18.6 Å². The number of furan rings is 1. The fourth-order valence-electron chi connectivity index (χ4n) is 1.46. The Balaban J connectivity index is 2.21. The third-order valence-corrected chi connectivity index (χ3v) is 2.37. The van der Waals surface area contributed by atoms with Crippen molar-refractivity contribution in [3.63, 3.8) is 0 Å². The van der Waals surface area contributed by atoms with E-state index >= 15 is 0 Å². The predicted molar refractivity (Wildman–Crippen MR) is 57.1 cm³/mol. The Bertz CT molecular complexity index is 448. The highest BCUT2D eigenvalue weighted by atomic mass is 19.1. The van der Waals surface area contributed by atoms with Gasteiger partial charge >= 0.3 is 0 Å². The standard InChI is InChI=1S/C12H11F2NO/c1-8(9-5-6-16-7-9)15-12-10(13)3-2-4-11(12)14/h2-8,15H,1H3. The molecule has 0 aliphatic rings. The summed E-state index contributed by atoms with van der Waals surface area (Å²) in [7, 11) is 0. The normalized spacial score (nSPS) is 12.4. The molecule has 2 rings (SSSR count). The highest BCUT2D eigenvalue weighted by molar-refractivity contribution is 5.47. The van der Waals surface area contributed by atoms with Gasteiger partial charge in [0.2, 0.25) is 0 Å². The number of halogens is 2. The van der Waals surface area contributed by atoms with Crippen molar-refractivity contribution in [3.8, 4) is 0 Å². The minimum absolute atomic E-state index is 0.115. The van der Waals surface area contributed by atoms with Crippen LogP contribution in [0.1, 0.15) is 18.5 Å². The van der Waals surface area contributed by atoms with Gasteiger partial charge in [0.1, 0.15) is 17.3 Å². The monoisotopic (exact) mass is 223 g/mol. The molecule has 16 heavy (non-hydrogen) atoms. The van der Waals surface area contributed by atoms with Crippen molar-refractivity contribution in [3.05, 3.63) is 54.0 Å². The first-order chi connectivity index (χ1) is 7.68. The minimum Gasteiger partial charge on any atom is -0.472 e. The number of hydrogen-bond donors (Lipinski definition) is 1. The number of rotatable bonds is 3. The lowest BCUT2D eigenvalue weighted by molar-refractivity contribution is 0.560. The third kappa shape index (κ3) is 2.05. The van der Waals surface area contributed by atoms with Gasteiger partial charge < -0.3 is 9.73 Å². The zero-order valence-corrected chi connectivity index (χ0v) is 8.71. The Labute approximate surface area is 91.9 Å². The van der Waals surface area contributed by atoms with Crippen molar-refractivity contribution in [2.24, 2.45) is 0 Å². The fourth-order valence-corrected chi connectivity index (χ4v) is 1.46. The van der Waals surface area contributed by atoms with Gasteiger partial charge in [0.15, 0.2) is 0 Å². The SMILES string of the molecule is CC(Nc1c(F)cccc1F)c1ccoc1. The molecular weight excluding hydrogens is 212 g/mol. The summed E-state index contributed by atoms with van der Waals surface area (Å²) < 4.78 is 31.6. The van der Waals surface area contributed by atoms with Crippen LogP contribution in [0.4, 0.5) is 14.5 Å². The van der Waals surface area contributed by atoms with E-state index < -0.39 is 11.6 Å². The highest BCUT2D eigenvalue weighted by Gasteiger charge is 2.12. The molecule has 0 radical (unpaired) electrons. The summed E-state index contributed by atoms with van der Waals surface area (Å²) in [5, 5.41) is 2.77. The zero-order chi connectivity index (χ0) is 11.5. The van der Waals surface area contributed by atoms with E-state index in [0.29, 0.717) is 0 Å². The molecule has 0 bridgehead atoms. The zero-order valence-electron chi connectivity index (χ0n) is 8.71. The van der Waals surface area contributed by atoms with Gasteiger partial charge in [-0.2, -0.15) is 0 Å². The maximum atomic E-state index is 13.3. The summed E-state index contributed by atoms with van der Waals surface area (Å²) in [5.41, 5.74) is 0.721. The molecule has 0 fully saturated rings. The summed E-state index contributed by atoms with van der Waals surface area (Å²) >= 11 is 0. The van der Waals surface area contributed by atoms with Gasteiger partial charge in [-0.3, -0.25) is 0 Å². The van der Waals surface area contributed by atoms with Gasteiger partial charge in [-0.05, 0) is 25.1 Å². The molecular formula is C12H11F2NO. The van der Waals surface area contributed by atoms with Crippen molar-refractivity contribution in [2.75, 3.05) is 5.32 Å². The molecule has 1 heterocycles. The fraction of sp³-hybridized carbons (Fsp3) is 0.167. The number of para-hydroxylation sites is 1. The first-order valence-electron chi connectivity index (χ1n) is 4.91. The number of anilines is 1. The van der Waals surface area contributed by atoms with E-state index in [4.69, 9.17) is 4.42 Å². The number of nitrogens with one attached hydrogen (secondary N) is 1. The Kier molecular flexibility index (Phi) is 2.90. The average molecular weight is 223 g/mol. The average Bonchev–Trinajstić information content (AvgIpc) is 2.76. The van der Waals surface area contributed by atoms with Crippen molar-refractivity contribution < 1.29 is 13.2 Å². The summed E-state index contributed by atoms with van der Waals surface area (Å²) in [6.45, 7) is 1.80. The number of hydrogen-bond acceptors (Lipinski definition) is 2. The van der Waals surface area contributed by atoms with Gasteiger partial charge in [0, 0.05) is 5.56 Å². The molecule has 1 N–H and O–H groups in total. The molecule has 1 atom stereocenters. The van der Waals surface area contributed by atoms with Gasteiger partial charge in [-0.25, -0.2) is 8.78 Å². The Morgan fingerprint density at radius 2 is 1.88 bits per heavy atom. The van der Waals surface area contributed by atoms with E-state index in [1.807, 2.05) is 0 Å². The van der Waals surface area contributed by atoms with E-state index in [9.17, 15) is 8.78 Å². The van der Waals surface area contributed by atoms with Gasteiger partial charge in [0.25, 0.3) is 0 Å². The van der Waals surface area contributed by atoms with Gasteiger partial charge in [-0.15, -0.1) is 0 Å². The van der Waals surface area contributed by atoms with Crippen molar-refractivity contribution in [1.82, 2.24) is 0 Å². The maximum Gasteiger partial charge on any atom is 0.149 e. The van der Waals surface area contributed by atoms with Crippen LogP contribution in [0.25, 0.3) is 0 Å². The Morgan fingerprint density at radius 3 is 2.44 bits per heavy atom. The van der Waals surface area contributed by atoms with Crippen molar-refractivity contribution in [1.29, 1.82) is 0 Å². The van der Waals surface area contributed by atoms with E-state index in [0.717, 1.165) is 5.56 Å². The molecule has 84 valence electrons. The van der Waals surface area contributed by atoms with Crippen LogP contribution >= 0.6 is 0 Å². The third-order valence-electron chi connectivity index (χ3n) is 2.37. The molecule has 2 aromatic rings. The summed E-state index contributed by atoms with van der Waals surface area (Å²) in [5.74, 6) is -1.20. The largest absolute Gasteiger partial charge is 0.472 e. The summed E-state index contributed by atoms with van der Waals surface area (Å²) in [6, 6.07) is 5.29. The van der Waals surface area contributed by atoms with Crippen LogP contribution in [0.3, 0.4) is 0 Å². The lowest BCUT2D eigenvalue weighted by Gasteiger charge is -2.14. The van der Waals surface area contributed by atoms with Crippen molar-refractivity contribution >= 4 is 5.69 Å². The molecule has 0 aliphatic heterocycles. The molecule has 1 aromatic carbocycles. The molecule has 4 heteroatoms. The van der Waals surface area contributed by atoms with Gasteiger partial charge in [-0.1, -0.05) is 6.07 Å². The first kappa shape index (κ1) is 10.7.